The van der Waals surface area contributed by atoms with Crippen molar-refractivity contribution in [2.75, 3.05) is 37.8 Å². The van der Waals surface area contributed by atoms with Gasteiger partial charge in [0, 0.05) is 37.6 Å². The molecule has 3 unspecified atom stereocenters. The van der Waals surface area contributed by atoms with E-state index in [2.05, 4.69) is 34.4 Å². The number of aliphatic hydroxyl groups is 2. The maximum Gasteiger partial charge on any atom is 0.481 e. The summed E-state index contributed by atoms with van der Waals surface area (Å²) in [7, 11) is -16.4. The summed E-state index contributed by atoms with van der Waals surface area (Å²) in [6.45, 7) is 1.90. The van der Waals surface area contributed by atoms with Gasteiger partial charge in [0.05, 0.1) is 19.5 Å². The Morgan fingerprint density at radius 2 is 1.60 bits per heavy atom. The van der Waals surface area contributed by atoms with Crippen molar-refractivity contribution in [2.24, 2.45) is 5.41 Å². The van der Waals surface area contributed by atoms with Crippen LogP contribution in [0.3, 0.4) is 0 Å². The first-order chi connectivity index (χ1) is 26.5. The first-order valence-corrected chi connectivity index (χ1v) is 22.0. The van der Waals surface area contributed by atoms with Crippen LogP contribution >= 0.6 is 35.2 Å². The molecule has 1 saturated heterocycles. The fourth-order valence-corrected chi connectivity index (χ4v) is 8.03. The molecule has 1 fully saturated rings. The summed E-state index contributed by atoms with van der Waals surface area (Å²) in [5.74, 6) is -1.08. The van der Waals surface area contributed by atoms with E-state index in [1.165, 1.54) is 20.8 Å². The van der Waals surface area contributed by atoms with Gasteiger partial charge in [0.25, 0.3) is 0 Å². The van der Waals surface area contributed by atoms with Crippen LogP contribution in [0.15, 0.2) is 49.1 Å². The van der Waals surface area contributed by atoms with Crippen molar-refractivity contribution in [3.63, 3.8) is 0 Å². The van der Waals surface area contributed by atoms with Crippen LogP contribution in [-0.2, 0) is 50.7 Å². The minimum Gasteiger partial charge on any atom is -0.386 e. The Kier molecular flexibility index (Phi) is 17.9. The van der Waals surface area contributed by atoms with E-state index in [0.717, 1.165) is 29.0 Å². The van der Waals surface area contributed by atoms with Gasteiger partial charge in [0.1, 0.15) is 36.3 Å². The average molecular weight is 888 g/mol. The van der Waals surface area contributed by atoms with E-state index in [1.807, 2.05) is 36.4 Å². The zero-order valence-corrected chi connectivity index (χ0v) is 34.0. The van der Waals surface area contributed by atoms with Gasteiger partial charge in [-0.05, 0) is 0 Å². The van der Waals surface area contributed by atoms with E-state index in [0.29, 0.717) is 5.75 Å². The highest BCUT2D eigenvalue weighted by molar-refractivity contribution is 8.13. The quantitative estimate of drug-likeness (QED) is 0.0580. The van der Waals surface area contributed by atoms with Gasteiger partial charge < -0.3 is 50.9 Å². The van der Waals surface area contributed by atoms with Crippen LogP contribution < -0.4 is 16.4 Å². The molecule has 4 rings (SSSR count). The van der Waals surface area contributed by atoms with Crippen LogP contribution in [0.4, 0.5) is 5.82 Å². The number of thioether (sulfide) groups is 1. The van der Waals surface area contributed by atoms with Gasteiger partial charge in [0.15, 0.2) is 22.8 Å². The van der Waals surface area contributed by atoms with Crippen molar-refractivity contribution in [3.8, 4) is 0 Å². The third-order valence-electron chi connectivity index (χ3n) is 7.47. The molecule has 1 aliphatic rings. The van der Waals surface area contributed by atoms with Crippen LogP contribution in [0.2, 0.25) is 0 Å². The van der Waals surface area contributed by atoms with Crippen molar-refractivity contribution >= 4 is 69.1 Å². The van der Waals surface area contributed by atoms with Gasteiger partial charge in [-0.3, -0.25) is 32.5 Å². The molecule has 0 aliphatic carbocycles. The molecular weight excluding hydrogens is 843 g/mol. The van der Waals surface area contributed by atoms with Crippen LogP contribution in [0.25, 0.3) is 11.2 Å². The van der Waals surface area contributed by atoms with Gasteiger partial charge >= 0.3 is 23.5 Å². The zero-order chi connectivity index (χ0) is 42.6. The number of carbonyl (C=O) groups is 3. The Morgan fingerprint density at radius 1 is 0.982 bits per heavy atom. The Labute approximate surface area is 329 Å². The number of ether oxygens (including phenoxy) is 1. The van der Waals surface area contributed by atoms with Crippen molar-refractivity contribution in [1.29, 1.82) is 0 Å². The molecule has 3 heterocycles. The fourth-order valence-electron chi connectivity index (χ4n) is 4.71. The standard InChI is InChI=1S/C23H38N7O17P3S.C6H6/c1-12(31)51-7-6-25-14(32)4-5-26-21(35)18(34)23(2,3)9-44-50(41,42)47-49(39,40)43-8-13-17(46-48(36,37)38)16(33)22(45-13)30-11-29-15-19(24)27-10-28-20(15)30;1-2-4-6-5-3-1/h10-11,13,16-18,22,33-34H,4-9H2,1-3H3,(H,25,32)(H,26,35)(H,39,40)(H,41,42)(H2,24,27,28)(H2,36,37,38);1-6H/t13-,16-,17-,18?,22-;/m1./s1. The molecule has 7 atom stereocenters. The zero-order valence-electron chi connectivity index (χ0n) is 30.5. The molecule has 1 aromatic carbocycles. The van der Waals surface area contributed by atoms with Gasteiger partial charge in [0.2, 0.25) is 11.8 Å². The molecule has 0 radical (unpaired) electrons. The molecule has 24 nitrogen and oxygen atoms in total. The Morgan fingerprint density at radius 3 is 2.19 bits per heavy atom. The maximum absolute atomic E-state index is 12.6. The number of nitrogen functional groups attached to an aromatic ring is 1. The number of imidazole rings is 1. The minimum atomic E-state index is -5.56. The van der Waals surface area contributed by atoms with Gasteiger partial charge in [-0.2, -0.15) is 4.31 Å². The number of benzene rings is 1. The number of phosphoric acid groups is 3. The summed E-state index contributed by atoms with van der Waals surface area (Å²) in [4.78, 5) is 85.9. The molecule has 0 spiro atoms. The van der Waals surface area contributed by atoms with Crippen molar-refractivity contribution in [1.82, 2.24) is 30.2 Å². The third kappa shape index (κ3) is 15.8. The summed E-state index contributed by atoms with van der Waals surface area (Å²) in [6, 6.07) is 12.0. The number of fused-ring (bicyclic) bond motifs is 1. The summed E-state index contributed by atoms with van der Waals surface area (Å²) in [5, 5.41) is 26.1. The van der Waals surface area contributed by atoms with E-state index >= 15 is 0 Å². The van der Waals surface area contributed by atoms with Crippen molar-refractivity contribution < 1.29 is 80.5 Å². The van der Waals surface area contributed by atoms with Crippen LogP contribution in [0.1, 0.15) is 33.4 Å². The minimum absolute atomic E-state index is 0.0310. The molecule has 57 heavy (non-hydrogen) atoms. The van der Waals surface area contributed by atoms with E-state index in [9.17, 15) is 57.9 Å². The molecule has 0 bridgehead atoms. The highest BCUT2D eigenvalue weighted by Crippen LogP contribution is 2.61. The second-order valence-corrected chi connectivity index (χ2v) is 18.1. The molecule has 2 aromatic heterocycles. The summed E-state index contributed by atoms with van der Waals surface area (Å²) in [5.41, 5.74) is 4.26. The maximum atomic E-state index is 12.6. The Balaban J connectivity index is 0.00000132. The lowest BCUT2D eigenvalue weighted by molar-refractivity contribution is -0.137. The number of anilines is 1. The molecule has 28 heteroatoms. The number of hydrogen-bond donors (Lipinski definition) is 9. The second-order valence-electron chi connectivity index (χ2n) is 12.6. The fraction of sp³-hybridized carbons (Fsp3) is 0.517. The first kappa shape index (κ1) is 48.2. The summed E-state index contributed by atoms with van der Waals surface area (Å²) < 4.78 is 61.8. The number of hydrogen-bond acceptors (Lipinski definition) is 18. The number of amides is 2. The number of nitrogens with one attached hydrogen (secondary N) is 2. The smallest absolute Gasteiger partial charge is 0.386 e. The van der Waals surface area contributed by atoms with Gasteiger partial charge in [-0.25, -0.2) is 28.6 Å². The van der Waals surface area contributed by atoms with Crippen LogP contribution in [-0.4, -0.2) is 123 Å². The molecular formula is C29H44N7O17P3S. The van der Waals surface area contributed by atoms with Crippen molar-refractivity contribution in [3.05, 3.63) is 49.1 Å². The SMILES string of the molecule is CC(=O)SCCNC(=O)CCNC(=O)C(O)C(C)(C)COP(=O)(O)OP(=O)(O)OC[C@H]1O[C@@H](n2cnc3c(N)ncnc32)[C@H](O)[C@@H]1OP(=O)(O)O.c1ccccc1. The lowest BCUT2D eigenvalue weighted by Crippen LogP contribution is -2.46. The summed E-state index contributed by atoms with van der Waals surface area (Å²) in [6.07, 6.45) is -6.88. The topological polar surface area (TPSA) is 364 Å². The lowest BCUT2D eigenvalue weighted by atomic mass is 9.87. The normalized spacial score (nSPS) is 21.1. The molecule has 318 valence electrons. The monoisotopic (exact) mass is 887 g/mol. The number of phosphoric ester groups is 3. The molecule has 0 saturated carbocycles. The lowest BCUT2D eigenvalue weighted by Gasteiger charge is -2.30. The Hall–Kier alpha value is -3.22. The highest BCUT2D eigenvalue weighted by Gasteiger charge is 2.50. The predicted molar refractivity (Wildman–Crippen MR) is 199 cm³/mol. The number of nitrogens with zero attached hydrogens (tertiary/aromatic N) is 4. The molecule has 1 aliphatic heterocycles. The molecule has 3 aromatic rings. The Bertz CT molecular complexity index is 1930. The first-order valence-electron chi connectivity index (χ1n) is 16.5. The number of aromatic nitrogens is 4. The predicted octanol–water partition coefficient (Wildman–Crippen LogP) is 0.371. The van der Waals surface area contributed by atoms with Crippen LogP contribution in [0.5, 0.6) is 0 Å². The van der Waals surface area contributed by atoms with E-state index < -0.39 is 84.6 Å². The summed E-state index contributed by atoms with van der Waals surface area (Å²) >= 11 is 1.03. The van der Waals surface area contributed by atoms with Crippen LogP contribution in [0, 0.1) is 5.41 Å². The van der Waals surface area contributed by atoms with E-state index in [4.69, 9.17) is 19.5 Å². The number of rotatable bonds is 19. The highest BCUT2D eigenvalue weighted by atomic mass is 32.2. The number of nitrogens with two attached hydrogens (primary N) is 1. The van der Waals surface area contributed by atoms with Gasteiger partial charge in [-0.15, -0.1) is 0 Å². The van der Waals surface area contributed by atoms with Crippen molar-refractivity contribution in [2.45, 2.75) is 57.8 Å². The molecule has 2 amide bonds. The van der Waals surface area contributed by atoms with E-state index in [-0.39, 0.29) is 41.6 Å². The van der Waals surface area contributed by atoms with E-state index in [1.54, 1.807) is 0 Å². The number of aliphatic hydroxyl groups excluding tert-OH is 2. The number of carbonyl (C=O) groups excluding carboxylic acids is 3. The second kappa shape index (κ2) is 21.2. The largest absolute Gasteiger partial charge is 0.481 e. The molecule has 10 N–H and O–H groups in total. The average Bonchev–Trinajstić information content (AvgIpc) is 3.69. The third-order valence-corrected chi connectivity index (χ3v) is 11.4. The van der Waals surface area contributed by atoms with Gasteiger partial charge in [-0.1, -0.05) is 62.0 Å².